The molecule has 1 heterocycles. The lowest BCUT2D eigenvalue weighted by atomic mass is 10.1. The first kappa shape index (κ1) is 21.8. The fourth-order valence-corrected chi connectivity index (χ4v) is 3.17. The summed E-state index contributed by atoms with van der Waals surface area (Å²) in [4.78, 5) is 11.1. The molecule has 0 aliphatic heterocycles. The number of nitrogens with one attached hydrogen (secondary N) is 1. The molecule has 0 aliphatic carbocycles. The lowest BCUT2D eigenvalue weighted by molar-refractivity contribution is -0.274. The number of alkyl halides is 6. The maximum atomic E-state index is 13.2. The first-order valence-corrected chi connectivity index (χ1v) is 8.79. The predicted molar refractivity (Wildman–Crippen MR) is 96.3 cm³/mol. The van der Waals surface area contributed by atoms with Crippen LogP contribution in [0.4, 0.5) is 32.0 Å². The van der Waals surface area contributed by atoms with Crippen LogP contribution in [0.1, 0.15) is 21.7 Å². The third kappa shape index (κ3) is 4.81. The molecule has 0 fully saturated rings. The molecule has 30 heavy (non-hydrogen) atoms. The number of carboxylic acid groups (broad SMARTS) is 1. The zero-order valence-corrected chi connectivity index (χ0v) is 16.1. The Bertz CT molecular complexity index is 1110. The molecule has 0 atom stereocenters. The van der Waals surface area contributed by atoms with Crippen LogP contribution in [-0.4, -0.2) is 17.4 Å². The zero-order valence-electron chi connectivity index (χ0n) is 14.5. The number of hydrogen-bond acceptors (Lipinski definition) is 4. The van der Waals surface area contributed by atoms with Crippen molar-refractivity contribution in [3.05, 3.63) is 57.8 Å². The Hall–Kier alpha value is -2.89. The van der Waals surface area contributed by atoms with Crippen molar-refractivity contribution in [2.75, 3.05) is 5.32 Å². The third-order valence-electron chi connectivity index (χ3n) is 3.89. The van der Waals surface area contributed by atoms with Gasteiger partial charge in [-0.1, -0.05) is 12.1 Å². The van der Waals surface area contributed by atoms with Crippen molar-refractivity contribution < 1.29 is 45.4 Å². The van der Waals surface area contributed by atoms with Gasteiger partial charge in [-0.3, -0.25) is 0 Å². The van der Waals surface area contributed by atoms with E-state index in [0.717, 1.165) is 12.1 Å². The minimum Gasteiger partial charge on any atom is -0.475 e. The lowest BCUT2D eigenvalue weighted by Crippen LogP contribution is -2.17. The van der Waals surface area contributed by atoms with E-state index in [-0.39, 0.29) is 22.0 Å². The van der Waals surface area contributed by atoms with E-state index in [1.807, 2.05) is 0 Å². The Kier molecular flexibility index (Phi) is 5.63. The summed E-state index contributed by atoms with van der Waals surface area (Å²) in [5.74, 6) is -3.48. The van der Waals surface area contributed by atoms with Gasteiger partial charge in [0.2, 0.25) is 5.76 Å². The number of halogens is 7. The first-order valence-electron chi connectivity index (χ1n) is 8.00. The highest BCUT2D eigenvalue weighted by atomic mass is 79.9. The molecule has 0 radical (unpaired) electrons. The van der Waals surface area contributed by atoms with Gasteiger partial charge in [-0.05, 0) is 45.8 Å². The SMILES string of the molecule is O=C(O)c1oc2cc(CNc3ccc(OC(F)(F)F)c(Br)c3)ccc2c1C(F)(F)F. The highest BCUT2D eigenvalue weighted by molar-refractivity contribution is 9.10. The number of fused-ring (bicyclic) bond motifs is 1. The van der Waals surface area contributed by atoms with E-state index in [9.17, 15) is 31.1 Å². The van der Waals surface area contributed by atoms with Gasteiger partial charge in [-0.2, -0.15) is 13.2 Å². The topological polar surface area (TPSA) is 71.7 Å². The van der Waals surface area contributed by atoms with Gasteiger partial charge in [-0.15, -0.1) is 13.2 Å². The fourth-order valence-electron chi connectivity index (χ4n) is 2.71. The Morgan fingerprint density at radius 2 is 1.80 bits per heavy atom. The van der Waals surface area contributed by atoms with Crippen LogP contribution in [0.5, 0.6) is 5.75 Å². The van der Waals surface area contributed by atoms with E-state index in [2.05, 4.69) is 26.0 Å². The predicted octanol–water partition coefficient (Wildman–Crippen LogP) is 6.42. The molecular formula is C18H10BrF6NO4. The molecule has 3 aromatic rings. The van der Waals surface area contributed by atoms with Crippen LogP contribution < -0.4 is 10.1 Å². The van der Waals surface area contributed by atoms with Gasteiger partial charge < -0.3 is 19.6 Å². The molecule has 2 aromatic carbocycles. The van der Waals surface area contributed by atoms with Crippen LogP contribution in [0.25, 0.3) is 11.0 Å². The van der Waals surface area contributed by atoms with Gasteiger partial charge in [-0.25, -0.2) is 4.79 Å². The van der Waals surface area contributed by atoms with Gasteiger partial charge in [0, 0.05) is 17.6 Å². The highest BCUT2D eigenvalue weighted by Crippen LogP contribution is 2.40. The number of furan rings is 1. The molecule has 5 nitrogen and oxygen atoms in total. The summed E-state index contributed by atoms with van der Waals surface area (Å²) in [7, 11) is 0. The van der Waals surface area contributed by atoms with Crippen molar-refractivity contribution in [3.63, 3.8) is 0 Å². The summed E-state index contributed by atoms with van der Waals surface area (Å²) < 4.78 is 85.2. The maximum absolute atomic E-state index is 13.2. The van der Waals surface area contributed by atoms with Crippen LogP contribution in [0.15, 0.2) is 45.3 Å². The second-order valence-electron chi connectivity index (χ2n) is 5.99. The molecule has 0 aliphatic rings. The van der Waals surface area contributed by atoms with Crippen molar-refractivity contribution in [3.8, 4) is 5.75 Å². The number of aromatic carboxylic acids is 1. The van der Waals surface area contributed by atoms with Crippen LogP contribution in [-0.2, 0) is 12.7 Å². The summed E-state index contributed by atoms with van der Waals surface area (Å²) in [6, 6.07) is 7.44. The van der Waals surface area contributed by atoms with Crippen molar-refractivity contribution in [2.24, 2.45) is 0 Å². The number of hydrogen-bond donors (Lipinski definition) is 2. The van der Waals surface area contributed by atoms with E-state index < -0.39 is 35.6 Å². The number of rotatable bonds is 5. The Morgan fingerprint density at radius 1 is 1.10 bits per heavy atom. The molecule has 0 unspecified atom stereocenters. The van der Waals surface area contributed by atoms with E-state index in [0.29, 0.717) is 11.3 Å². The van der Waals surface area contributed by atoms with Crippen LogP contribution >= 0.6 is 15.9 Å². The van der Waals surface area contributed by atoms with Crippen LogP contribution in [0.3, 0.4) is 0 Å². The molecule has 2 N–H and O–H groups in total. The van der Waals surface area contributed by atoms with Crippen molar-refractivity contribution in [2.45, 2.75) is 19.1 Å². The van der Waals surface area contributed by atoms with Gasteiger partial charge >= 0.3 is 18.5 Å². The number of carbonyl (C=O) groups is 1. The van der Waals surface area contributed by atoms with Crippen LogP contribution in [0, 0.1) is 0 Å². The van der Waals surface area contributed by atoms with Gasteiger partial charge in [0.25, 0.3) is 0 Å². The normalized spacial score (nSPS) is 12.2. The van der Waals surface area contributed by atoms with Gasteiger partial charge in [0.05, 0.1) is 4.47 Å². The molecule has 0 saturated carbocycles. The monoisotopic (exact) mass is 497 g/mol. The number of carboxylic acids is 1. The summed E-state index contributed by atoms with van der Waals surface area (Å²) in [5, 5.41) is 11.5. The second-order valence-corrected chi connectivity index (χ2v) is 6.84. The van der Waals surface area contributed by atoms with Crippen molar-refractivity contribution >= 4 is 38.6 Å². The molecule has 0 saturated heterocycles. The molecule has 0 spiro atoms. The molecule has 0 bridgehead atoms. The van der Waals surface area contributed by atoms with Crippen molar-refractivity contribution in [1.82, 2.24) is 0 Å². The summed E-state index contributed by atoms with van der Waals surface area (Å²) in [6.45, 7) is 0.0757. The molecule has 160 valence electrons. The second kappa shape index (κ2) is 7.74. The molecule has 1 aromatic heterocycles. The Labute approximate surface area is 172 Å². The first-order chi connectivity index (χ1) is 13.8. The fraction of sp³-hybridized carbons (Fsp3) is 0.167. The number of benzene rings is 2. The highest BCUT2D eigenvalue weighted by Gasteiger charge is 2.40. The molecule has 12 heteroatoms. The Balaban J connectivity index is 1.82. The maximum Gasteiger partial charge on any atom is 0.573 e. The summed E-state index contributed by atoms with van der Waals surface area (Å²) >= 11 is 2.96. The van der Waals surface area contributed by atoms with Gasteiger partial charge in [0.15, 0.2) is 0 Å². The quantitative estimate of drug-likeness (QED) is 0.398. The summed E-state index contributed by atoms with van der Waals surface area (Å²) in [5.41, 5.74) is -0.769. The van der Waals surface area contributed by atoms with E-state index in [1.165, 1.54) is 24.3 Å². The zero-order chi connectivity index (χ0) is 22.3. The number of anilines is 1. The number of ether oxygens (including phenoxy) is 1. The van der Waals surface area contributed by atoms with E-state index >= 15 is 0 Å². The minimum atomic E-state index is -4.91. The van der Waals surface area contributed by atoms with Crippen LogP contribution in [0.2, 0.25) is 0 Å². The molecule has 0 amide bonds. The smallest absolute Gasteiger partial charge is 0.475 e. The average Bonchev–Trinajstić information content (AvgIpc) is 3.00. The van der Waals surface area contributed by atoms with E-state index in [1.54, 1.807) is 0 Å². The lowest BCUT2D eigenvalue weighted by Gasteiger charge is -2.12. The largest absolute Gasteiger partial charge is 0.573 e. The third-order valence-corrected chi connectivity index (χ3v) is 4.51. The summed E-state index contributed by atoms with van der Waals surface area (Å²) in [6.07, 6.45) is -9.76. The van der Waals surface area contributed by atoms with E-state index in [4.69, 9.17) is 9.52 Å². The van der Waals surface area contributed by atoms with Crippen molar-refractivity contribution in [1.29, 1.82) is 0 Å². The van der Waals surface area contributed by atoms with Gasteiger partial charge in [0.1, 0.15) is 16.9 Å². The molecular weight excluding hydrogens is 488 g/mol. The Morgan fingerprint density at radius 3 is 2.37 bits per heavy atom. The standard InChI is InChI=1S/C18H10BrF6NO4/c19-11-6-9(2-4-12(11)30-18(23,24)25)26-7-8-1-3-10-13(5-8)29-15(16(27)28)14(10)17(20,21)22/h1-6,26H,7H2,(H,27,28). The minimum absolute atomic E-state index is 0.0345. The molecule has 3 rings (SSSR count). The average molecular weight is 498 g/mol.